The van der Waals surface area contributed by atoms with Gasteiger partial charge in [-0.3, -0.25) is 10.1 Å². The molecule has 0 bridgehead atoms. The molecule has 5 heteroatoms. The lowest BCUT2D eigenvalue weighted by Gasteiger charge is -2.33. The van der Waals surface area contributed by atoms with E-state index in [4.69, 9.17) is 5.73 Å². The first-order chi connectivity index (χ1) is 8.48. The van der Waals surface area contributed by atoms with Crippen LogP contribution in [-0.2, 0) is 6.42 Å². The summed E-state index contributed by atoms with van der Waals surface area (Å²) >= 11 is 0. The van der Waals surface area contributed by atoms with Gasteiger partial charge in [0.05, 0.1) is 11.0 Å². The molecule has 0 radical (unpaired) electrons. The second kappa shape index (κ2) is 5.02. The molecule has 0 atom stereocenters. The van der Waals surface area contributed by atoms with Crippen molar-refractivity contribution in [1.29, 1.82) is 0 Å². The molecule has 1 aliphatic rings. The van der Waals surface area contributed by atoms with Crippen LogP contribution in [0.25, 0.3) is 0 Å². The highest BCUT2D eigenvalue weighted by Gasteiger charge is 2.28. The van der Waals surface area contributed by atoms with Crippen molar-refractivity contribution in [2.45, 2.75) is 44.1 Å². The third-order valence-corrected chi connectivity index (χ3v) is 3.56. The van der Waals surface area contributed by atoms with Crippen LogP contribution in [0, 0.1) is 15.9 Å². The summed E-state index contributed by atoms with van der Waals surface area (Å²) in [5, 5.41) is 10.7. The zero-order valence-corrected chi connectivity index (χ0v) is 10.2. The number of non-ortho nitro benzene ring substituents is 1. The first kappa shape index (κ1) is 13.0. The van der Waals surface area contributed by atoms with E-state index < -0.39 is 10.7 Å². The fourth-order valence-electron chi connectivity index (χ4n) is 2.68. The van der Waals surface area contributed by atoms with Gasteiger partial charge in [-0.2, -0.15) is 0 Å². The third kappa shape index (κ3) is 3.04. The van der Waals surface area contributed by atoms with Gasteiger partial charge in [-0.25, -0.2) is 4.39 Å². The highest BCUT2D eigenvalue weighted by atomic mass is 19.1. The van der Waals surface area contributed by atoms with Crippen LogP contribution >= 0.6 is 0 Å². The predicted octanol–water partition coefficient (Wildman–Crippen LogP) is 2.94. The van der Waals surface area contributed by atoms with Crippen molar-refractivity contribution >= 4 is 5.69 Å². The first-order valence-corrected chi connectivity index (χ1v) is 6.21. The summed E-state index contributed by atoms with van der Waals surface area (Å²) in [6.45, 7) is 0. The molecule has 0 saturated heterocycles. The number of nitrogens with two attached hydrogens (primary N) is 1. The highest BCUT2D eigenvalue weighted by Crippen LogP contribution is 2.30. The Morgan fingerprint density at radius 1 is 1.28 bits per heavy atom. The van der Waals surface area contributed by atoms with Crippen LogP contribution in [0.2, 0.25) is 0 Å². The Morgan fingerprint density at radius 3 is 2.56 bits per heavy atom. The Balaban J connectivity index is 2.20. The SMILES string of the molecule is NC1(Cc2cc(F)cc([N+](=O)[O-])c2)CCCCC1. The zero-order valence-electron chi connectivity index (χ0n) is 10.2. The van der Waals surface area contributed by atoms with Crippen LogP contribution in [0.15, 0.2) is 18.2 Å². The van der Waals surface area contributed by atoms with Gasteiger partial charge >= 0.3 is 0 Å². The Bertz CT molecular complexity index is 456. The van der Waals surface area contributed by atoms with E-state index in [-0.39, 0.29) is 11.2 Å². The van der Waals surface area contributed by atoms with Gasteiger partial charge in [0.1, 0.15) is 5.82 Å². The summed E-state index contributed by atoms with van der Waals surface area (Å²) in [6.07, 6.45) is 5.64. The van der Waals surface area contributed by atoms with Crippen molar-refractivity contribution in [1.82, 2.24) is 0 Å². The smallest absolute Gasteiger partial charge is 0.272 e. The van der Waals surface area contributed by atoms with E-state index in [0.29, 0.717) is 12.0 Å². The maximum atomic E-state index is 13.3. The van der Waals surface area contributed by atoms with Crippen LogP contribution in [0.4, 0.5) is 10.1 Å². The average molecular weight is 252 g/mol. The molecule has 2 rings (SSSR count). The van der Waals surface area contributed by atoms with Crippen LogP contribution in [0.3, 0.4) is 0 Å². The first-order valence-electron chi connectivity index (χ1n) is 6.21. The van der Waals surface area contributed by atoms with Gasteiger partial charge in [-0.05, 0) is 30.9 Å². The molecule has 1 aromatic rings. The minimum Gasteiger partial charge on any atom is -0.325 e. The standard InChI is InChI=1S/C13H17FN2O2/c14-11-6-10(7-12(8-11)16(17)18)9-13(15)4-2-1-3-5-13/h6-8H,1-5,9,15H2. The van der Waals surface area contributed by atoms with Gasteiger partial charge in [-0.1, -0.05) is 19.3 Å². The molecule has 98 valence electrons. The molecule has 4 nitrogen and oxygen atoms in total. The van der Waals surface area contributed by atoms with Gasteiger partial charge in [0.15, 0.2) is 0 Å². The summed E-state index contributed by atoms with van der Waals surface area (Å²) in [5.41, 5.74) is 6.35. The van der Waals surface area contributed by atoms with E-state index in [1.807, 2.05) is 0 Å². The topological polar surface area (TPSA) is 69.2 Å². The maximum absolute atomic E-state index is 13.3. The number of hydrogen-bond donors (Lipinski definition) is 1. The molecule has 1 saturated carbocycles. The van der Waals surface area contributed by atoms with Gasteiger partial charge in [0, 0.05) is 11.6 Å². The molecule has 0 spiro atoms. The lowest BCUT2D eigenvalue weighted by molar-refractivity contribution is -0.385. The van der Waals surface area contributed by atoms with Crippen LogP contribution in [-0.4, -0.2) is 10.5 Å². The second-order valence-corrected chi connectivity index (χ2v) is 5.17. The fraction of sp³-hybridized carbons (Fsp3) is 0.538. The summed E-state index contributed by atoms with van der Waals surface area (Å²) in [4.78, 5) is 10.1. The van der Waals surface area contributed by atoms with E-state index in [9.17, 15) is 14.5 Å². The monoisotopic (exact) mass is 252 g/mol. The van der Waals surface area contributed by atoms with E-state index in [2.05, 4.69) is 0 Å². The van der Waals surface area contributed by atoms with Crippen molar-refractivity contribution in [3.8, 4) is 0 Å². The largest absolute Gasteiger partial charge is 0.325 e. The van der Waals surface area contributed by atoms with E-state index in [0.717, 1.165) is 31.7 Å². The van der Waals surface area contributed by atoms with E-state index >= 15 is 0 Å². The highest BCUT2D eigenvalue weighted by molar-refractivity contribution is 5.36. The normalized spacial score (nSPS) is 18.6. The maximum Gasteiger partial charge on any atom is 0.272 e. The predicted molar refractivity (Wildman–Crippen MR) is 66.8 cm³/mol. The number of nitrogens with zero attached hydrogens (tertiary/aromatic N) is 1. The Morgan fingerprint density at radius 2 is 1.94 bits per heavy atom. The van der Waals surface area contributed by atoms with Gasteiger partial charge in [-0.15, -0.1) is 0 Å². The molecule has 0 heterocycles. The summed E-state index contributed by atoms with van der Waals surface area (Å²) in [6, 6.07) is 3.70. The van der Waals surface area contributed by atoms with Gasteiger partial charge < -0.3 is 5.73 Å². The van der Waals surface area contributed by atoms with Crippen molar-refractivity contribution < 1.29 is 9.31 Å². The molecule has 0 unspecified atom stereocenters. The summed E-state index contributed by atoms with van der Waals surface area (Å²) in [7, 11) is 0. The molecule has 1 fully saturated rings. The quantitative estimate of drug-likeness (QED) is 0.664. The lowest BCUT2D eigenvalue weighted by atomic mass is 9.78. The van der Waals surface area contributed by atoms with Gasteiger partial charge in [0.2, 0.25) is 0 Å². The van der Waals surface area contributed by atoms with Crippen molar-refractivity contribution in [2.75, 3.05) is 0 Å². The number of benzene rings is 1. The van der Waals surface area contributed by atoms with Crippen molar-refractivity contribution in [3.63, 3.8) is 0 Å². The second-order valence-electron chi connectivity index (χ2n) is 5.17. The number of hydrogen-bond acceptors (Lipinski definition) is 3. The fourth-order valence-corrected chi connectivity index (χ4v) is 2.68. The van der Waals surface area contributed by atoms with Crippen LogP contribution < -0.4 is 5.73 Å². The lowest BCUT2D eigenvalue weighted by Crippen LogP contribution is -2.43. The molecule has 0 aliphatic heterocycles. The average Bonchev–Trinajstić information content (AvgIpc) is 2.28. The van der Waals surface area contributed by atoms with Crippen LogP contribution in [0.1, 0.15) is 37.7 Å². The number of rotatable bonds is 3. The number of nitro groups is 1. The zero-order chi connectivity index (χ0) is 13.2. The minimum absolute atomic E-state index is 0.204. The number of halogens is 1. The molecule has 2 N–H and O–H groups in total. The van der Waals surface area contributed by atoms with Crippen molar-refractivity contribution in [3.05, 3.63) is 39.7 Å². The third-order valence-electron chi connectivity index (χ3n) is 3.56. The van der Waals surface area contributed by atoms with Crippen LogP contribution in [0.5, 0.6) is 0 Å². The summed E-state index contributed by atoms with van der Waals surface area (Å²) < 4.78 is 13.3. The molecule has 18 heavy (non-hydrogen) atoms. The Labute approximate surface area is 105 Å². The molecular formula is C13H17FN2O2. The molecular weight excluding hydrogens is 235 g/mol. The molecule has 1 aromatic carbocycles. The van der Waals surface area contributed by atoms with E-state index in [1.165, 1.54) is 18.6 Å². The molecule has 0 aromatic heterocycles. The van der Waals surface area contributed by atoms with Gasteiger partial charge in [0.25, 0.3) is 5.69 Å². The van der Waals surface area contributed by atoms with Crippen molar-refractivity contribution in [2.24, 2.45) is 5.73 Å². The summed E-state index contributed by atoms with van der Waals surface area (Å²) in [5.74, 6) is -0.571. The minimum atomic E-state index is -0.573. The van der Waals surface area contributed by atoms with E-state index in [1.54, 1.807) is 0 Å². The Kier molecular flexibility index (Phi) is 3.61. The molecule has 1 aliphatic carbocycles. The number of nitro benzene ring substituents is 1. The Hall–Kier alpha value is -1.49. The molecule has 0 amide bonds.